The second-order valence-corrected chi connectivity index (χ2v) is 8.45. The second kappa shape index (κ2) is 10.8. The van der Waals surface area contributed by atoms with E-state index in [1.165, 1.54) is 26.6 Å². The highest BCUT2D eigenvalue weighted by Crippen LogP contribution is 2.41. The lowest BCUT2D eigenvalue weighted by Gasteiger charge is -2.17. The molecule has 0 aliphatic heterocycles. The van der Waals surface area contributed by atoms with Gasteiger partial charge in [-0.3, -0.25) is 14.6 Å². The van der Waals surface area contributed by atoms with Gasteiger partial charge in [-0.1, -0.05) is 59.6 Å². The van der Waals surface area contributed by atoms with Gasteiger partial charge in [0, 0.05) is 29.9 Å². The van der Waals surface area contributed by atoms with E-state index in [4.69, 9.17) is 37.4 Å². The first-order valence-electron chi connectivity index (χ1n) is 10.6. The zero-order chi connectivity index (χ0) is 24.9. The van der Waals surface area contributed by atoms with Gasteiger partial charge in [0.15, 0.2) is 29.7 Å². The molecule has 1 heterocycles. The fraction of sp³-hybridized carbons (Fsp3) is 0.148. The highest BCUT2D eigenvalue weighted by atomic mass is 35.5. The summed E-state index contributed by atoms with van der Waals surface area (Å²) in [5.41, 5.74) is 1.15. The van der Waals surface area contributed by atoms with Gasteiger partial charge in [-0.15, -0.1) is 0 Å². The van der Waals surface area contributed by atoms with Crippen molar-refractivity contribution in [2.75, 3.05) is 20.8 Å². The predicted molar refractivity (Wildman–Crippen MR) is 136 cm³/mol. The van der Waals surface area contributed by atoms with Gasteiger partial charge in [0.2, 0.25) is 5.75 Å². The van der Waals surface area contributed by atoms with E-state index in [9.17, 15) is 9.59 Å². The summed E-state index contributed by atoms with van der Waals surface area (Å²) in [6.07, 6.45) is 2.75. The van der Waals surface area contributed by atoms with Crippen LogP contribution in [0, 0.1) is 0 Å². The first-order chi connectivity index (χ1) is 16.9. The minimum Gasteiger partial charge on any atom is -0.493 e. The Kier molecular flexibility index (Phi) is 7.54. The van der Waals surface area contributed by atoms with E-state index < -0.39 is 0 Å². The van der Waals surface area contributed by atoms with E-state index in [0.29, 0.717) is 16.9 Å². The Bertz CT molecular complexity index is 1400. The first kappa shape index (κ1) is 24.5. The Morgan fingerprint density at radius 3 is 2.23 bits per heavy atom. The summed E-state index contributed by atoms with van der Waals surface area (Å²) in [6.45, 7) is -0.307. The topological polar surface area (TPSA) is 74.7 Å². The van der Waals surface area contributed by atoms with Crippen LogP contribution in [0.1, 0.15) is 26.3 Å². The van der Waals surface area contributed by atoms with E-state index in [-0.39, 0.29) is 51.7 Å². The number of pyridine rings is 1. The molecule has 0 radical (unpaired) electrons. The molecule has 0 saturated heterocycles. The Morgan fingerprint density at radius 1 is 0.829 bits per heavy atom. The number of hydrogen-bond donors (Lipinski definition) is 0. The predicted octanol–water partition coefficient (Wildman–Crippen LogP) is 6.25. The number of methoxy groups -OCH3 is 2. The Morgan fingerprint density at radius 2 is 1.54 bits per heavy atom. The molecule has 0 aliphatic rings. The molecule has 0 bridgehead atoms. The molecular formula is C27H21Cl2NO5. The minimum atomic E-state index is -0.325. The Balaban J connectivity index is 1.64. The van der Waals surface area contributed by atoms with Crippen molar-refractivity contribution in [2.45, 2.75) is 6.42 Å². The van der Waals surface area contributed by atoms with Crippen molar-refractivity contribution in [3.05, 3.63) is 93.7 Å². The van der Waals surface area contributed by atoms with Crippen molar-refractivity contribution in [1.82, 2.24) is 4.98 Å². The summed E-state index contributed by atoms with van der Waals surface area (Å²) in [4.78, 5) is 30.1. The maximum Gasteiger partial charge on any atom is 0.204 e. The number of ether oxygens (including phenoxy) is 3. The number of carbonyl (C=O) groups excluding carboxylic acids is 2. The Hall–Kier alpha value is -3.61. The number of ketones is 2. The molecule has 0 fully saturated rings. The highest BCUT2D eigenvalue weighted by Gasteiger charge is 2.24. The van der Waals surface area contributed by atoms with Crippen LogP contribution in [-0.4, -0.2) is 37.4 Å². The van der Waals surface area contributed by atoms with Gasteiger partial charge >= 0.3 is 0 Å². The molecular weight excluding hydrogens is 489 g/mol. The number of aromatic nitrogens is 1. The maximum atomic E-state index is 13.3. The van der Waals surface area contributed by atoms with Crippen LogP contribution in [0.5, 0.6) is 17.2 Å². The number of rotatable bonds is 9. The number of Topliss-reactive ketones (excluding diaryl/α,β-unsaturated/α-hetero) is 2. The van der Waals surface area contributed by atoms with Crippen molar-refractivity contribution in [3.8, 4) is 17.2 Å². The van der Waals surface area contributed by atoms with E-state index in [2.05, 4.69) is 4.98 Å². The van der Waals surface area contributed by atoms with Crippen LogP contribution in [0.4, 0.5) is 0 Å². The average molecular weight is 510 g/mol. The standard InChI is InChI=1S/C27H21Cl2NO5/c1-33-25-10-9-19(23(31)12-20-21(28)13-30-14-22(20)29)26(27(25)34-2)35-15-24(32)18-8-7-16-5-3-4-6-17(16)11-18/h3-11,13-14H,12,15H2,1-2H3. The highest BCUT2D eigenvalue weighted by molar-refractivity contribution is 6.36. The second-order valence-electron chi connectivity index (χ2n) is 7.63. The van der Waals surface area contributed by atoms with Crippen LogP contribution >= 0.6 is 23.2 Å². The molecule has 4 rings (SSSR count). The molecule has 0 N–H and O–H groups in total. The van der Waals surface area contributed by atoms with Gasteiger partial charge in [-0.25, -0.2) is 0 Å². The lowest BCUT2D eigenvalue weighted by atomic mass is 10.0. The first-order valence-corrected chi connectivity index (χ1v) is 11.4. The molecule has 0 spiro atoms. The fourth-order valence-corrected chi connectivity index (χ4v) is 4.21. The van der Waals surface area contributed by atoms with E-state index >= 15 is 0 Å². The van der Waals surface area contributed by atoms with Gasteiger partial charge in [0.1, 0.15) is 0 Å². The molecule has 8 heteroatoms. The summed E-state index contributed by atoms with van der Waals surface area (Å²) in [5.74, 6) is 0.0920. The van der Waals surface area contributed by atoms with E-state index in [1.54, 1.807) is 18.2 Å². The lowest BCUT2D eigenvalue weighted by molar-refractivity contribution is 0.0908. The van der Waals surface area contributed by atoms with Crippen molar-refractivity contribution < 1.29 is 23.8 Å². The third-order valence-corrected chi connectivity index (χ3v) is 6.16. The van der Waals surface area contributed by atoms with Crippen molar-refractivity contribution in [3.63, 3.8) is 0 Å². The van der Waals surface area contributed by atoms with Gasteiger partial charge in [-0.2, -0.15) is 0 Å². The summed E-state index contributed by atoms with van der Waals surface area (Å²) in [7, 11) is 2.90. The van der Waals surface area contributed by atoms with Gasteiger partial charge in [-0.05, 0) is 29.0 Å². The summed E-state index contributed by atoms with van der Waals surface area (Å²) < 4.78 is 16.7. The monoisotopic (exact) mass is 509 g/mol. The normalized spacial score (nSPS) is 10.7. The largest absolute Gasteiger partial charge is 0.493 e. The third-order valence-electron chi connectivity index (χ3n) is 5.51. The van der Waals surface area contributed by atoms with Crippen molar-refractivity contribution in [1.29, 1.82) is 0 Å². The molecule has 0 amide bonds. The number of carbonyl (C=O) groups is 2. The zero-order valence-electron chi connectivity index (χ0n) is 19.0. The minimum absolute atomic E-state index is 0.0926. The number of benzene rings is 3. The lowest BCUT2D eigenvalue weighted by Crippen LogP contribution is -2.15. The van der Waals surface area contributed by atoms with Crippen LogP contribution in [0.2, 0.25) is 10.0 Å². The van der Waals surface area contributed by atoms with Gasteiger partial charge in [0.05, 0.1) is 29.8 Å². The molecule has 178 valence electrons. The summed E-state index contributed by atoms with van der Waals surface area (Å²) in [5, 5.41) is 2.53. The fourth-order valence-electron chi connectivity index (χ4n) is 3.71. The molecule has 3 aromatic carbocycles. The molecule has 6 nitrogen and oxygen atoms in total. The van der Waals surface area contributed by atoms with E-state index in [1.807, 2.05) is 36.4 Å². The summed E-state index contributed by atoms with van der Waals surface area (Å²) in [6, 6.07) is 16.3. The molecule has 4 aromatic rings. The third kappa shape index (κ3) is 5.24. The zero-order valence-corrected chi connectivity index (χ0v) is 20.5. The molecule has 0 aliphatic carbocycles. The molecule has 0 saturated carbocycles. The number of fused-ring (bicyclic) bond motifs is 1. The smallest absolute Gasteiger partial charge is 0.204 e. The van der Waals surface area contributed by atoms with Crippen LogP contribution in [-0.2, 0) is 6.42 Å². The molecule has 0 unspecified atom stereocenters. The van der Waals surface area contributed by atoms with Gasteiger partial charge in [0.25, 0.3) is 0 Å². The van der Waals surface area contributed by atoms with Crippen LogP contribution < -0.4 is 14.2 Å². The average Bonchev–Trinajstić information content (AvgIpc) is 2.88. The van der Waals surface area contributed by atoms with Gasteiger partial charge < -0.3 is 14.2 Å². The van der Waals surface area contributed by atoms with E-state index in [0.717, 1.165) is 10.8 Å². The molecule has 1 aromatic heterocycles. The summed E-state index contributed by atoms with van der Waals surface area (Å²) >= 11 is 12.4. The SMILES string of the molecule is COc1ccc(C(=O)Cc2c(Cl)cncc2Cl)c(OCC(=O)c2ccc3ccccc3c2)c1OC. The number of nitrogens with zero attached hydrogens (tertiary/aromatic N) is 1. The number of hydrogen-bond acceptors (Lipinski definition) is 6. The maximum absolute atomic E-state index is 13.3. The van der Waals surface area contributed by atoms with Crippen molar-refractivity contribution in [2.24, 2.45) is 0 Å². The van der Waals surface area contributed by atoms with Crippen LogP contribution in [0.3, 0.4) is 0 Å². The molecule has 0 atom stereocenters. The van der Waals surface area contributed by atoms with Crippen molar-refractivity contribution >= 4 is 45.5 Å². The van der Waals surface area contributed by atoms with Crippen LogP contribution in [0.25, 0.3) is 10.8 Å². The molecule has 35 heavy (non-hydrogen) atoms. The van der Waals surface area contributed by atoms with Crippen LogP contribution in [0.15, 0.2) is 67.0 Å². The Labute approximate surface area is 212 Å². The quantitative estimate of drug-likeness (QED) is 0.248. The number of halogens is 2.